The normalized spacial score (nSPS) is 11.3. The molecule has 2 aromatic heterocycles. The lowest BCUT2D eigenvalue weighted by Gasteiger charge is -2.22. The van der Waals surface area contributed by atoms with Gasteiger partial charge >= 0.3 is 0 Å². The van der Waals surface area contributed by atoms with Crippen LogP contribution >= 0.6 is 0 Å². The topological polar surface area (TPSA) is 94.5 Å². The molecule has 3 aromatic rings. The first-order valence-electron chi connectivity index (χ1n) is 8.68. The minimum absolute atomic E-state index is 0.274. The Kier molecular flexibility index (Phi) is 4.72. The number of pyridine rings is 1. The van der Waals surface area contributed by atoms with Gasteiger partial charge in [0.2, 0.25) is 5.91 Å². The zero-order valence-corrected chi connectivity index (χ0v) is 15.1. The van der Waals surface area contributed by atoms with Gasteiger partial charge in [-0.25, -0.2) is 9.97 Å². The van der Waals surface area contributed by atoms with Gasteiger partial charge in [-0.3, -0.25) is 4.79 Å². The molecule has 0 spiro atoms. The minimum atomic E-state index is -1.00. The molecule has 132 valence electrons. The van der Waals surface area contributed by atoms with Crippen molar-refractivity contribution >= 4 is 22.8 Å². The highest BCUT2D eigenvalue weighted by molar-refractivity contribution is 5.97. The van der Waals surface area contributed by atoms with Crippen LogP contribution in [0.5, 0.6) is 0 Å². The Morgan fingerprint density at radius 1 is 1.23 bits per heavy atom. The molecule has 26 heavy (non-hydrogen) atoms. The van der Waals surface area contributed by atoms with E-state index in [1.54, 1.807) is 6.07 Å². The maximum Gasteiger partial charge on any atom is 0.244 e. The molecular formula is C20H21N5O. The largest absolute Gasteiger partial charge is 0.337 e. The first kappa shape index (κ1) is 17.6. The Labute approximate surface area is 152 Å². The number of rotatable bonds is 5. The Morgan fingerprint density at radius 2 is 2.00 bits per heavy atom. The zero-order valence-electron chi connectivity index (χ0n) is 15.1. The van der Waals surface area contributed by atoms with E-state index in [9.17, 15) is 10.1 Å². The predicted octanol–water partition coefficient (Wildman–Crippen LogP) is 4.20. The monoisotopic (exact) mass is 347 g/mol. The molecule has 0 aliphatic carbocycles. The summed E-state index contributed by atoms with van der Waals surface area (Å²) in [4.78, 5) is 24.8. The van der Waals surface area contributed by atoms with Crippen LogP contribution in [0.15, 0.2) is 36.4 Å². The Morgan fingerprint density at radius 3 is 2.69 bits per heavy atom. The van der Waals surface area contributed by atoms with Gasteiger partial charge in [-0.15, -0.1) is 0 Å². The van der Waals surface area contributed by atoms with E-state index in [0.29, 0.717) is 30.0 Å². The van der Waals surface area contributed by atoms with Gasteiger partial charge in [0, 0.05) is 16.9 Å². The van der Waals surface area contributed by atoms with Crippen LogP contribution in [-0.4, -0.2) is 20.9 Å². The number of carbonyl (C=O) groups is 1. The van der Waals surface area contributed by atoms with Crippen molar-refractivity contribution in [3.63, 3.8) is 0 Å². The predicted molar refractivity (Wildman–Crippen MR) is 101 cm³/mol. The fraction of sp³-hybridized carbons (Fsp3) is 0.300. The average molecular weight is 347 g/mol. The van der Waals surface area contributed by atoms with E-state index >= 15 is 0 Å². The summed E-state index contributed by atoms with van der Waals surface area (Å²) in [6.45, 7) is 5.63. The molecule has 0 saturated carbocycles. The second kappa shape index (κ2) is 6.96. The number of aryl methyl sites for hydroxylation is 1. The zero-order chi connectivity index (χ0) is 18.7. The summed E-state index contributed by atoms with van der Waals surface area (Å²) in [5, 5.41) is 12.3. The third kappa shape index (κ3) is 3.16. The van der Waals surface area contributed by atoms with Gasteiger partial charge in [-0.05, 0) is 44.0 Å². The van der Waals surface area contributed by atoms with Crippen LogP contribution in [-0.2, 0) is 4.79 Å². The number of hydrogen-bond acceptors (Lipinski definition) is 4. The second-order valence-electron chi connectivity index (χ2n) is 6.35. The third-order valence-corrected chi connectivity index (χ3v) is 4.73. The van der Waals surface area contributed by atoms with Gasteiger partial charge in [0.1, 0.15) is 11.2 Å². The molecule has 3 rings (SSSR count). The van der Waals surface area contributed by atoms with Gasteiger partial charge in [-0.1, -0.05) is 26.0 Å². The smallest absolute Gasteiger partial charge is 0.244 e. The number of nitrogens with one attached hydrogen (secondary N) is 2. The maximum absolute atomic E-state index is 12.6. The number of aromatic nitrogens is 3. The number of hydrogen-bond donors (Lipinski definition) is 2. The van der Waals surface area contributed by atoms with Crippen LogP contribution in [0.2, 0.25) is 0 Å². The highest BCUT2D eigenvalue weighted by atomic mass is 16.2. The minimum Gasteiger partial charge on any atom is -0.337 e. The number of benzene rings is 1. The molecule has 0 aliphatic rings. The van der Waals surface area contributed by atoms with Crippen molar-refractivity contribution in [1.82, 2.24) is 15.0 Å². The number of aromatic amines is 1. The molecule has 6 nitrogen and oxygen atoms in total. The van der Waals surface area contributed by atoms with Gasteiger partial charge in [0.25, 0.3) is 0 Å². The summed E-state index contributed by atoms with van der Waals surface area (Å²) in [6, 6.07) is 13.5. The molecule has 6 heteroatoms. The highest BCUT2D eigenvalue weighted by Crippen LogP contribution is 2.28. The fourth-order valence-electron chi connectivity index (χ4n) is 2.90. The number of anilines is 1. The van der Waals surface area contributed by atoms with Crippen molar-refractivity contribution in [3.8, 4) is 17.5 Å². The molecule has 1 aromatic carbocycles. The van der Waals surface area contributed by atoms with Crippen molar-refractivity contribution in [3.05, 3.63) is 42.1 Å². The Balaban J connectivity index is 1.90. The van der Waals surface area contributed by atoms with Crippen LogP contribution in [0.4, 0.5) is 5.69 Å². The molecule has 0 bridgehead atoms. The van der Waals surface area contributed by atoms with Gasteiger partial charge in [0.05, 0.1) is 11.6 Å². The van der Waals surface area contributed by atoms with Gasteiger partial charge < -0.3 is 10.3 Å². The van der Waals surface area contributed by atoms with Crippen LogP contribution in [0.1, 0.15) is 32.4 Å². The number of amides is 1. The lowest BCUT2D eigenvalue weighted by Crippen LogP contribution is -2.33. The molecule has 2 N–H and O–H groups in total. The molecule has 0 saturated heterocycles. The summed E-state index contributed by atoms with van der Waals surface area (Å²) >= 11 is 0. The summed E-state index contributed by atoms with van der Waals surface area (Å²) in [5.41, 5.74) is 2.91. The van der Waals surface area contributed by atoms with Crippen LogP contribution in [0.25, 0.3) is 22.6 Å². The summed E-state index contributed by atoms with van der Waals surface area (Å²) in [5.74, 6) is 0.413. The Bertz CT molecular complexity index is 995. The van der Waals surface area contributed by atoms with E-state index in [0.717, 1.165) is 16.8 Å². The van der Waals surface area contributed by atoms with E-state index in [1.807, 2.05) is 51.1 Å². The van der Waals surface area contributed by atoms with Crippen LogP contribution in [0, 0.1) is 23.7 Å². The summed E-state index contributed by atoms with van der Waals surface area (Å²) in [6.07, 6.45) is 0.945. The summed E-state index contributed by atoms with van der Waals surface area (Å²) < 4.78 is 0. The number of nitriles is 1. The Hall–Kier alpha value is -3.20. The van der Waals surface area contributed by atoms with Crippen molar-refractivity contribution in [2.45, 2.75) is 33.6 Å². The maximum atomic E-state index is 12.6. The van der Waals surface area contributed by atoms with Crippen molar-refractivity contribution in [2.24, 2.45) is 5.41 Å². The molecule has 0 atom stereocenters. The first-order chi connectivity index (χ1) is 12.5. The van der Waals surface area contributed by atoms with Gasteiger partial charge in [-0.2, -0.15) is 5.26 Å². The molecular weight excluding hydrogens is 326 g/mol. The van der Waals surface area contributed by atoms with E-state index < -0.39 is 5.41 Å². The van der Waals surface area contributed by atoms with Crippen molar-refractivity contribution < 1.29 is 4.79 Å². The molecule has 0 fully saturated rings. The fourth-order valence-corrected chi connectivity index (χ4v) is 2.90. The SMILES string of the molecule is CCC(C#N)(CC)C(=O)Nc1cccc(-c2nc3nc(C)ccc3[nH]2)c1. The lowest BCUT2D eigenvalue weighted by molar-refractivity contribution is -0.123. The second-order valence-corrected chi connectivity index (χ2v) is 6.35. The molecule has 0 radical (unpaired) electrons. The van der Waals surface area contributed by atoms with Crippen LogP contribution in [0.3, 0.4) is 0 Å². The van der Waals surface area contributed by atoms with E-state index in [-0.39, 0.29) is 5.91 Å². The number of nitrogens with zero attached hydrogens (tertiary/aromatic N) is 3. The van der Waals surface area contributed by atoms with Gasteiger partial charge in [0.15, 0.2) is 5.65 Å². The number of carbonyl (C=O) groups excluding carboxylic acids is 1. The van der Waals surface area contributed by atoms with E-state index in [1.165, 1.54) is 0 Å². The van der Waals surface area contributed by atoms with E-state index in [4.69, 9.17) is 0 Å². The van der Waals surface area contributed by atoms with Crippen molar-refractivity contribution in [1.29, 1.82) is 5.26 Å². The number of imidazole rings is 1. The number of fused-ring (bicyclic) bond motifs is 1. The summed E-state index contributed by atoms with van der Waals surface area (Å²) in [7, 11) is 0. The highest BCUT2D eigenvalue weighted by Gasteiger charge is 2.35. The standard InChI is InChI=1S/C20H21N5O/c1-4-20(5-2,12-21)19(26)23-15-8-6-7-14(11-15)17-24-16-10-9-13(3)22-18(16)25-17/h6-11H,4-5H2,1-3H3,(H,23,26)(H,22,24,25). The third-order valence-electron chi connectivity index (χ3n) is 4.73. The van der Waals surface area contributed by atoms with Crippen molar-refractivity contribution in [2.75, 3.05) is 5.32 Å². The number of H-pyrrole nitrogens is 1. The van der Waals surface area contributed by atoms with Crippen LogP contribution < -0.4 is 5.32 Å². The average Bonchev–Trinajstić information content (AvgIpc) is 3.07. The molecule has 0 unspecified atom stereocenters. The molecule has 2 heterocycles. The first-order valence-corrected chi connectivity index (χ1v) is 8.68. The molecule has 0 aliphatic heterocycles. The lowest BCUT2D eigenvalue weighted by atomic mass is 9.83. The quantitative estimate of drug-likeness (QED) is 0.723. The van der Waals surface area contributed by atoms with E-state index in [2.05, 4.69) is 26.3 Å². The molecule has 1 amide bonds.